The lowest BCUT2D eigenvalue weighted by Gasteiger charge is -2.10. The number of anilines is 1. The first-order valence-corrected chi connectivity index (χ1v) is 8.25. The number of nitrogens with zero attached hydrogens (tertiary/aromatic N) is 1. The first kappa shape index (κ1) is 17.5. The maximum absolute atomic E-state index is 12.2. The normalized spacial score (nSPS) is 19.0. The zero-order chi connectivity index (χ0) is 16.8. The molecule has 0 saturated carbocycles. The molecule has 124 valence electrons. The van der Waals surface area contributed by atoms with E-state index in [0.717, 1.165) is 16.8 Å². The van der Waals surface area contributed by atoms with Gasteiger partial charge in [-0.05, 0) is 25.5 Å². The number of aliphatic imine (C=N–C) groups is 1. The molecule has 6 nitrogen and oxygen atoms in total. The van der Waals surface area contributed by atoms with E-state index < -0.39 is 5.25 Å². The SMILES string of the molecule is COCCN=C1NC(=O)[C@@H](CC(=O)Nc2ccc(C)cc2C)S1. The van der Waals surface area contributed by atoms with Gasteiger partial charge < -0.3 is 15.4 Å². The molecular formula is C16H21N3O3S. The lowest BCUT2D eigenvalue weighted by molar-refractivity contribution is -0.122. The molecule has 1 saturated heterocycles. The zero-order valence-corrected chi connectivity index (χ0v) is 14.3. The van der Waals surface area contributed by atoms with Gasteiger partial charge in [-0.15, -0.1) is 0 Å². The fraction of sp³-hybridized carbons (Fsp3) is 0.438. The van der Waals surface area contributed by atoms with Crippen LogP contribution in [0.3, 0.4) is 0 Å². The molecule has 1 atom stereocenters. The maximum Gasteiger partial charge on any atom is 0.240 e. The number of methoxy groups -OCH3 is 1. The third kappa shape index (κ3) is 5.07. The van der Waals surface area contributed by atoms with Crippen LogP contribution >= 0.6 is 11.8 Å². The van der Waals surface area contributed by atoms with Crippen LogP contribution in [0.15, 0.2) is 23.2 Å². The predicted molar refractivity (Wildman–Crippen MR) is 92.9 cm³/mol. The van der Waals surface area contributed by atoms with E-state index in [9.17, 15) is 9.59 Å². The van der Waals surface area contributed by atoms with Gasteiger partial charge in [-0.3, -0.25) is 14.6 Å². The molecule has 0 radical (unpaired) electrons. The predicted octanol–water partition coefficient (Wildman–Crippen LogP) is 1.87. The van der Waals surface area contributed by atoms with Crippen LogP contribution in [0.4, 0.5) is 5.69 Å². The molecule has 23 heavy (non-hydrogen) atoms. The summed E-state index contributed by atoms with van der Waals surface area (Å²) in [5.41, 5.74) is 2.92. The Hall–Kier alpha value is -1.86. The van der Waals surface area contributed by atoms with E-state index in [4.69, 9.17) is 4.74 Å². The van der Waals surface area contributed by atoms with E-state index in [1.54, 1.807) is 7.11 Å². The molecule has 1 aliphatic rings. The van der Waals surface area contributed by atoms with E-state index in [1.165, 1.54) is 11.8 Å². The summed E-state index contributed by atoms with van der Waals surface area (Å²) in [5.74, 6) is -0.357. The van der Waals surface area contributed by atoms with Crippen molar-refractivity contribution >= 4 is 34.4 Å². The highest BCUT2D eigenvalue weighted by molar-refractivity contribution is 8.15. The zero-order valence-electron chi connectivity index (χ0n) is 13.5. The van der Waals surface area contributed by atoms with Crippen molar-refractivity contribution in [1.29, 1.82) is 0 Å². The molecular weight excluding hydrogens is 314 g/mol. The highest BCUT2D eigenvalue weighted by atomic mass is 32.2. The third-order valence-electron chi connectivity index (χ3n) is 3.35. The van der Waals surface area contributed by atoms with Crippen molar-refractivity contribution in [2.75, 3.05) is 25.6 Å². The Bertz CT molecular complexity index is 631. The summed E-state index contributed by atoms with van der Waals surface area (Å²) < 4.78 is 4.91. The van der Waals surface area contributed by atoms with Crippen LogP contribution in [0.2, 0.25) is 0 Å². The molecule has 2 amide bonds. The summed E-state index contributed by atoms with van der Waals surface area (Å²) in [6, 6.07) is 5.83. The maximum atomic E-state index is 12.2. The molecule has 0 unspecified atom stereocenters. The van der Waals surface area contributed by atoms with Crippen molar-refractivity contribution < 1.29 is 14.3 Å². The minimum Gasteiger partial charge on any atom is -0.383 e. The first-order valence-electron chi connectivity index (χ1n) is 7.37. The molecule has 0 spiro atoms. The molecule has 7 heteroatoms. The number of benzene rings is 1. The number of nitrogens with one attached hydrogen (secondary N) is 2. The van der Waals surface area contributed by atoms with Crippen molar-refractivity contribution in [3.8, 4) is 0 Å². The number of amidine groups is 1. The number of carbonyl (C=O) groups is 2. The Kier molecular flexibility index (Phi) is 6.18. The lowest BCUT2D eigenvalue weighted by Crippen LogP contribution is -2.28. The largest absolute Gasteiger partial charge is 0.383 e. The van der Waals surface area contributed by atoms with Gasteiger partial charge in [0, 0.05) is 19.2 Å². The fourth-order valence-electron chi connectivity index (χ4n) is 2.18. The van der Waals surface area contributed by atoms with Crippen molar-refractivity contribution in [3.05, 3.63) is 29.3 Å². The number of rotatable bonds is 6. The average Bonchev–Trinajstić information content (AvgIpc) is 2.82. The average molecular weight is 335 g/mol. The number of hydrogen-bond acceptors (Lipinski definition) is 5. The number of thioether (sulfide) groups is 1. The Labute approximate surface area is 140 Å². The van der Waals surface area contributed by atoms with Gasteiger partial charge in [0.1, 0.15) is 5.25 Å². The van der Waals surface area contributed by atoms with Gasteiger partial charge in [0.25, 0.3) is 0 Å². The Morgan fingerprint density at radius 2 is 2.22 bits per heavy atom. The number of amides is 2. The van der Waals surface area contributed by atoms with E-state index >= 15 is 0 Å². The summed E-state index contributed by atoms with van der Waals surface area (Å²) in [4.78, 5) is 28.3. The molecule has 0 bridgehead atoms. The highest BCUT2D eigenvalue weighted by Gasteiger charge is 2.31. The van der Waals surface area contributed by atoms with Crippen LogP contribution in [-0.2, 0) is 14.3 Å². The quantitative estimate of drug-likeness (QED) is 0.778. The molecule has 2 N–H and O–H groups in total. The monoisotopic (exact) mass is 335 g/mol. The summed E-state index contributed by atoms with van der Waals surface area (Å²) in [7, 11) is 1.60. The smallest absolute Gasteiger partial charge is 0.240 e. The summed E-state index contributed by atoms with van der Waals surface area (Å²) in [6.45, 7) is 4.93. The second kappa shape index (κ2) is 8.12. The molecule has 0 aromatic heterocycles. The van der Waals surface area contributed by atoms with Crippen molar-refractivity contribution in [1.82, 2.24) is 5.32 Å². The van der Waals surface area contributed by atoms with Gasteiger partial charge >= 0.3 is 0 Å². The molecule has 1 aromatic carbocycles. The van der Waals surface area contributed by atoms with Crippen LogP contribution in [0.5, 0.6) is 0 Å². The third-order valence-corrected chi connectivity index (χ3v) is 4.47. The Balaban J connectivity index is 1.90. The molecule has 1 aromatic rings. The van der Waals surface area contributed by atoms with Gasteiger partial charge in [0.05, 0.1) is 13.2 Å². The van der Waals surface area contributed by atoms with Gasteiger partial charge in [-0.2, -0.15) is 0 Å². The van der Waals surface area contributed by atoms with Crippen LogP contribution in [0.25, 0.3) is 0 Å². The Morgan fingerprint density at radius 1 is 1.43 bits per heavy atom. The highest BCUT2D eigenvalue weighted by Crippen LogP contribution is 2.23. The standard InChI is InChI=1S/C16H21N3O3S/c1-10-4-5-12(11(2)8-10)18-14(20)9-13-15(21)19-16(23-13)17-6-7-22-3/h4-5,8,13H,6-7,9H2,1-3H3,(H,18,20)(H,17,19,21)/t13-/m1/s1. The second-order valence-corrected chi connectivity index (χ2v) is 6.54. The van der Waals surface area contributed by atoms with E-state index in [0.29, 0.717) is 18.3 Å². The first-order chi connectivity index (χ1) is 11.0. The summed E-state index contributed by atoms with van der Waals surface area (Å²) in [5, 5.41) is 5.66. The van der Waals surface area contributed by atoms with E-state index in [-0.39, 0.29) is 18.2 Å². The fourth-order valence-corrected chi connectivity index (χ4v) is 3.17. The topological polar surface area (TPSA) is 79.8 Å². The van der Waals surface area contributed by atoms with Gasteiger partial charge in [-0.25, -0.2) is 0 Å². The van der Waals surface area contributed by atoms with Gasteiger partial charge in [0.2, 0.25) is 11.8 Å². The lowest BCUT2D eigenvalue weighted by atomic mass is 10.1. The minimum absolute atomic E-state index is 0.118. The molecule has 1 aliphatic heterocycles. The number of carbonyl (C=O) groups excluding carboxylic acids is 2. The van der Waals surface area contributed by atoms with Crippen LogP contribution in [-0.4, -0.2) is 42.5 Å². The molecule has 2 rings (SSSR count). The van der Waals surface area contributed by atoms with Crippen LogP contribution in [0, 0.1) is 13.8 Å². The van der Waals surface area contributed by atoms with Crippen molar-refractivity contribution in [2.45, 2.75) is 25.5 Å². The molecule has 1 heterocycles. The number of aryl methyl sites for hydroxylation is 2. The van der Waals surface area contributed by atoms with E-state index in [2.05, 4.69) is 15.6 Å². The van der Waals surface area contributed by atoms with Crippen molar-refractivity contribution in [3.63, 3.8) is 0 Å². The van der Waals surface area contributed by atoms with Gasteiger partial charge in [0.15, 0.2) is 5.17 Å². The molecule has 1 fully saturated rings. The summed E-state index contributed by atoms with van der Waals surface area (Å²) in [6.07, 6.45) is 0.118. The Morgan fingerprint density at radius 3 is 2.91 bits per heavy atom. The second-order valence-electron chi connectivity index (χ2n) is 5.35. The molecule has 0 aliphatic carbocycles. The van der Waals surface area contributed by atoms with Gasteiger partial charge in [-0.1, -0.05) is 29.5 Å². The number of hydrogen-bond donors (Lipinski definition) is 2. The van der Waals surface area contributed by atoms with Crippen LogP contribution in [0.1, 0.15) is 17.5 Å². The minimum atomic E-state index is -0.443. The van der Waals surface area contributed by atoms with Crippen molar-refractivity contribution in [2.24, 2.45) is 4.99 Å². The summed E-state index contributed by atoms with van der Waals surface area (Å²) >= 11 is 1.29. The van der Waals surface area contributed by atoms with Crippen LogP contribution < -0.4 is 10.6 Å². The number of ether oxygens (including phenoxy) is 1. The van der Waals surface area contributed by atoms with E-state index in [1.807, 2.05) is 32.0 Å².